The molecule has 0 aliphatic heterocycles. The number of hydrogen-bond acceptors (Lipinski definition) is 5. The average molecular weight is 481 g/mol. The first kappa shape index (κ1) is 22.7. The molecule has 6 nitrogen and oxygen atoms in total. The van der Waals surface area contributed by atoms with Crippen LogP contribution in [0.2, 0.25) is 0 Å². The number of carbonyl (C=O) groups is 2. The summed E-state index contributed by atoms with van der Waals surface area (Å²) in [4.78, 5) is 32.9. The minimum atomic E-state index is -0.163. The molecule has 1 amide bonds. The van der Waals surface area contributed by atoms with E-state index in [0.717, 1.165) is 21.6 Å². The second kappa shape index (κ2) is 9.64. The van der Waals surface area contributed by atoms with Crippen molar-refractivity contribution in [2.75, 3.05) is 11.4 Å². The fourth-order valence-electron chi connectivity index (χ4n) is 4.03. The quantitative estimate of drug-likeness (QED) is 0.281. The highest BCUT2D eigenvalue weighted by molar-refractivity contribution is 7.22. The van der Waals surface area contributed by atoms with E-state index in [1.165, 1.54) is 11.3 Å². The molecule has 0 saturated heterocycles. The molecular formula is C28H24N4O2S. The second-order valence-electron chi connectivity index (χ2n) is 8.34. The van der Waals surface area contributed by atoms with E-state index in [1.54, 1.807) is 41.3 Å². The third-order valence-electron chi connectivity index (χ3n) is 5.83. The predicted molar refractivity (Wildman–Crippen MR) is 139 cm³/mol. The zero-order valence-electron chi connectivity index (χ0n) is 19.5. The van der Waals surface area contributed by atoms with E-state index in [2.05, 4.69) is 5.10 Å². The molecule has 0 unspecified atom stereocenters. The predicted octanol–water partition coefficient (Wildman–Crippen LogP) is 5.69. The maximum Gasteiger partial charge on any atom is 0.260 e. The van der Waals surface area contributed by atoms with Gasteiger partial charge in [0, 0.05) is 28.9 Å². The van der Waals surface area contributed by atoms with Crippen molar-refractivity contribution in [1.82, 2.24) is 14.8 Å². The number of amides is 1. The maximum absolute atomic E-state index is 13.7. The SMILES string of the molecule is Cc1cc(C)n(CCN(C(=O)c2ccc(C(=O)c3ccccc3)cc2)c2nc3ccccc3s2)n1. The number of aryl methyl sites for hydroxylation is 2. The number of anilines is 1. The Kier molecular flexibility index (Phi) is 6.25. The standard InChI is InChI=1S/C28H24N4O2S/c1-19-18-20(2)32(30-19)17-16-31(28-29-24-10-6-7-11-25(24)35-28)27(34)23-14-12-22(13-15-23)26(33)21-8-4-3-5-9-21/h3-15,18H,16-17H2,1-2H3. The van der Waals surface area contributed by atoms with Crippen molar-refractivity contribution in [3.05, 3.63) is 113 Å². The fraction of sp³-hybridized carbons (Fsp3) is 0.143. The molecule has 2 heterocycles. The van der Waals surface area contributed by atoms with Crippen molar-refractivity contribution in [2.24, 2.45) is 0 Å². The van der Waals surface area contributed by atoms with Gasteiger partial charge in [0.25, 0.3) is 5.91 Å². The summed E-state index contributed by atoms with van der Waals surface area (Å²) in [5.41, 5.74) is 4.51. The summed E-state index contributed by atoms with van der Waals surface area (Å²) in [6, 6.07) is 25.8. The third-order valence-corrected chi connectivity index (χ3v) is 6.89. The lowest BCUT2D eigenvalue weighted by Gasteiger charge is -2.20. The van der Waals surface area contributed by atoms with E-state index in [-0.39, 0.29) is 11.7 Å². The molecule has 0 fully saturated rings. The Morgan fingerprint density at radius 3 is 2.20 bits per heavy atom. The van der Waals surface area contributed by atoms with Gasteiger partial charge >= 0.3 is 0 Å². The Bertz CT molecular complexity index is 1470. The zero-order valence-corrected chi connectivity index (χ0v) is 20.3. The van der Waals surface area contributed by atoms with Gasteiger partial charge in [-0.3, -0.25) is 19.2 Å². The summed E-state index contributed by atoms with van der Waals surface area (Å²) >= 11 is 1.49. The number of para-hydroxylation sites is 1. The Morgan fingerprint density at radius 2 is 1.51 bits per heavy atom. The Morgan fingerprint density at radius 1 is 0.857 bits per heavy atom. The van der Waals surface area contributed by atoms with Gasteiger partial charge in [-0.1, -0.05) is 65.9 Å². The van der Waals surface area contributed by atoms with E-state index in [4.69, 9.17) is 4.98 Å². The van der Waals surface area contributed by atoms with Gasteiger partial charge in [0.05, 0.1) is 22.5 Å². The minimum Gasteiger partial charge on any atom is -0.289 e. The molecule has 5 aromatic rings. The Hall–Kier alpha value is -4.10. The summed E-state index contributed by atoms with van der Waals surface area (Å²) in [7, 11) is 0. The van der Waals surface area contributed by atoms with Gasteiger partial charge in [-0.2, -0.15) is 5.10 Å². The van der Waals surface area contributed by atoms with E-state index < -0.39 is 0 Å². The lowest BCUT2D eigenvalue weighted by atomic mass is 10.0. The average Bonchev–Trinajstić information content (AvgIpc) is 3.46. The van der Waals surface area contributed by atoms with Gasteiger partial charge in [0.1, 0.15) is 0 Å². The fourth-order valence-corrected chi connectivity index (χ4v) is 5.02. The smallest absolute Gasteiger partial charge is 0.260 e. The monoisotopic (exact) mass is 480 g/mol. The van der Waals surface area contributed by atoms with Crippen LogP contribution in [0, 0.1) is 13.8 Å². The number of rotatable bonds is 7. The van der Waals surface area contributed by atoms with Crippen LogP contribution in [-0.4, -0.2) is 33.0 Å². The van der Waals surface area contributed by atoms with Gasteiger partial charge in [0.15, 0.2) is 10.9 Å². The van der Waals surface area contributed by atoms with Crippen molar-refractivity contribution < 1.29 is 9.59 Å². The largest absolute Gasteiger partial charge is 0.289 e. The van der Waals surface area contributed by atoms with Gasteiger partial charge in [-0.15, -0.1) is 0 Å². The molecule has 0 atom stereocenters. The van der Waals surface area contributed by atoms with Crippen LogP contribution < -0.4 is 4.90 Å². The summed E-state index contributed by atoms with van der Waals surface area (Å²) in [6.45, 7) is 4.93. The van der Waals surface area contributed by atoms with Crippen molar-refractivity contribution in [1.29, 1.82) is 0 Å². The van der Waals surface area contributed by atoms with Gasteiger partial charge in [0.2, 0.25) is 0 Å². The van der Waals surface area contributed by atoms with Gasteiger partial charge in [-0.25, -0.2) is 4.98 Å². The number of fused-ring (bicyclic) bond motifs is 1. The van der Waals surface area contributed by atoms with Crippen molar-refractivity contribution in [3.63, 3.8) is 0 Å². The molecule has 7 heteroatoms. The van der Waals surface area contributed by atoms with Crippen molar-refractivity contribution >= 4 is 38.4 Å². The zero-order chi connectivity index (χ0) is 24.4. The molecule has 0 saturated carbocycles. The number of aromatic nitrogens is 3. The number of benzene rings is 3. The number of thiazole rings is 1. The highest BCUT2D eigenvalue weighted by Gasteiger charge is 2.22. The molecule has 5 rings (SSSR count). The van der Waals surface area contributed by atoms with E-state index in [0.29, 0.717) is 34.9 Å². The summed E-state index contributed by atoms with van der Waals surface area (Å²) in [5.74, 6) is -0.235. The first-order valence-corrected chi connectivity index (χ1v) is 12.2. The molecule has 0 bridgehead atoms. The third kappa shape index (κ3) is 4.76. The Labute approximate surface area is 207 Å². The molecule has 0 radical (unpaired) electrons. The van der Waals surface area contributed by atoms with Crippen molar-refractivity contribution in [3.8, 4) is 0 Å². The van der Waals surface area contributed by atoms with Crippen LogP contribution in [0.4, 0.5) is 5.13 Å². The molecule has 0 spiro atoms. The first-order valence-electron chi connectivity index (χ1n) is 11.4. The number of carbonyl (C=O) groups excluding carboxylic acids is 2. The minimum absolute atomic E-state index is 0.0721. The van der Waals surface area contributed by atoms with Crippen LogP contribution in [0.1, 0.15) is 37.7 Å². The van der Waals surface area contributed by atoms with Crippen LogP contribution in [-0.2, 0) is 6.54 Å². The first-order chi connectivity index (χ1) is 17.0. The summed E-state index contributed by atoms with van der Waals surface area (Å²) < 4.78 is 2.93. The van der Waals surface area contributed by atoms with Crippen molar-refractivity contribution in [2.45, 2.75) is 20.4 Å². The molecule has 0 aliphatic rings. The lowest BCUT2D eigenvalue weighted by molar-refractivity contribution is 0.0983. The number of hydrogen-bond donors (Lipinski definition) is 0. The van der Waals surface area contributed by atoms with E-state index >= 15 is 0 Å². The topological polar surface area (TPSA) is 68.1 Å². The lowest BCUT2D eigenvalue weighted by Crippen LogP contribution is -2.34. The molecule has 35 heavy (non-hydrogen) atoms. The summed E-state index contributed by atoms with van der Waals surface area (Å²) in [6.07, 6.45) is 0. The maximum atomic E-state index is 13.7. The van der Waals surface area contributed by atoms with Crippen LogP contribution in [0.15, 0.2) is 84.9 Å². The second-order valence-corrected chi connectivity index (χ2v) is 9.35. The molecular weight excluding hydrogens is 456 g/mol. The van der Waals surface area contributed by atoms with Crippen LogP contribution in [0.3, 0.4) is 0 Å². The van der Waals surface area contributed by atoms with Gasteiger partial charge < -0.3 is 0 Å². The molecule has 174 valence electrons. The normalized spacial score (nSPS) is 11.0. The summed E-state index contributed by atoms with van der Waals surface area (Å²) in [5, 5.41) is 5.18. The number of nitrogens with zero attached hydrogens (tertiary/aromatic N) is 4. The van der Waals surface area contributed by atoms with Crippen LogP contribution >= 0.6 is 11.3 Å². The highest BCUT2D eigenvalue weighted by atomic mass is 32.1. The molecule has 3 aromatic carbocycles. The molecule has 0 N–H and O–H groups in total. The number of ketones is 1. The van der Waals surface area contributed by atoms with E-state index in [1.807, 2.05) is 67.1 Å². The highest BCUT2D eigenvalue weighted by Crippen LogP contribution is 2.29. The van der Waals surface area contributed by atoms with Crippen LogP contribution in [0.25, 0.3) is 10.2 Å². The van der Waals surface area contributed by atoms with Crippen LogP contribution in [0.5, 0.6) is 0 Å². The van der Waals surface area contributed by atoms with E-state index in [9.17, 15) is 9.59 Å². The molecule has 0 aliphatic carbocycles. The van der Waals surface area contributed by atoms with Gasteiger partial charge in [-0.05, 0) is 44.2 Å². The Balaban J connectivity index is 1.43. The molecule has 2 aromatic heterocycles.